The molecule has 1 aliphatic heterocycles. The van der Waals surface area contributed by atoms with E-state index < -0.39 is 0 Å². The van der Waals surface area contributed by atoms with Crippen LogP contribution in [0.1, 0.15) is 29.9 Å². The highest BCUT2D eigenvalue weighted by Crippen LogP contribution is 2.34. The van der Waals surface area contributed by atoms with Gasteiger partial charge in [0.15, 0.2) is 17.2 Å². The quantitative estimate of drug-likeness (QED) is 0.771. The molecule has 26 heavy (non-hydrogen) atoms. The average molecular weight is 377 g/mol. The van der Waals surface area contributed by atoms with Crippen molar-refractivity contribution in [3.8, 4) is 17.4 Å². The zero-order valence-corrected chi connectivity index (χ0v) is 15.6. The molecule has 0 aliphatic carbocycles. The number of halogens is 1. The number of hydrogen-bond donors (Lipinski definition) is 0. The van der Waals surface area contributed by atoms with Gasteiger partial charge in [-0.25, -0.2) is 4.98 Å². The lowest BCUT2D eigenvalue weighted by atomic mass is 10.1. The highest BCUT2D eigenvalue weighted by molar-refractivity contribution is 6.33. The highest BCUT2D eigenvalue weighted by atomic mass is 35.5. The topological polar surface area (TPSA) is 60.9 Å². The van der Waals surface area contributed by atoms with E-state index in [0.29, 0.717) is 55.3 Å². The third kappa shape index (κ3) is 3.85. The Bertz CT molecular complexity index is 797. The Morgan fingerprint density at radius 1 is 1.23 bits per heavy atom. The first-order valence-electron chi connectivity index (χ1n) is 8.60. The minimum Gasteiger partial charge on any atom is -0.486 e. The smallest absolute Gasteiger partial charge is 0.274 e. The molecule has 6 nitrogen and oxygen atoms in total. The van der Waals surface area contributed by atoms with E-state index in [1.807, 2.05) is 32.0 Å². The zero-order valence-electron chi connectivity index (χ0n) is 14.8. The van der Waals surface area contributed by atoms with Gasteiger partial charge in [0, 0.05) is 24.7 Å². The summed E-state index contributed by atoms with van der Waals surface area (Å²) < 4.78 is 16.7. The standard InChI is InChI=1S/C19H21ClN2O4/c1-3-22(12-13-6-5-7-15-18(13)26-11-10-25-15)19(23)17-14(20)8-9-16(21-17)24-4-2/h5-9H,3-4,10-12H2,1-2H3. The van der Waals surface area contributed by atoms with E-state index in [2.05, 4.69) is 4.98 Å². The Morgan fingerprint density at radius 2 is 2.04 bits per heavy atom. The minimum absolute atomic E-state index is 0.182. The van der Waals surface area contributed by atoms with E-state index in [1.165, 1.54) is 0 Å². The second kappa shape index (κ2) is 8.27. The summed E-state index contributed by atoms with van der Waals surface area (Å²) in [7, 11) is 0. The number of aromatic nitrogens is 1. The average Bonchev–Trinajstić information content (AvgIpc) is 2.67. The van der Waals surface area contributed by atoms with Crippen LogP contribution < -0.4 is 14.2 Å². The lowest BCUT2D eigenvalue weighted by molar-refractivity contribution is 0.0742. The largest absolute Gasteiger partial charge is 0.486 e. The summed E-state index contributed by atoms with van der Waals surface area (Å²) in [6, 6.07) is 8.96. The van der Waals surface area contributed by atoms with E-state index >= 15 is 0 Å². The number of rotatable bonds is 6. The van der Waals surface area contributed by atoms with Crippen LogP contribution in [-0.4, -0.2) is 42.2 Å². The van der Waals surface area contributed by atoms with Crippen molar-refractivity contribution in [1.29, 1.82) is 0 Å². The summed E-state index contributed by atoms with van der Waals surface area (Å²) in [5.41, 5.74) is 1.07. The molecule has 3 rings (SSSR count). The molecule has 2 aromatic rings. The van der Waals surface area contributed by atoms with Crippen LogP contribution in [0, 0.1) is 0 Å². The van der Waals surface area contributed by atoms with Crippen LogP contribution in [-0.2, 0) is 6.54 Å². The first-order chi connectivity index (χ1) is 12.6. The minimum atomic E-state index is -0.256. The van der Waals surface area contributed by atoms with Crippen LogP contribution in [0.2, 0.25) is 5.02 Å². The van der Waals surface area contributed by atoms with Gasteiger partial charge >= 0.3 is 0 Å². The molecule has 0 spiro atoms. The van der Waals surface area contributed by atoms with E-state index in [1.54, 1.807) is 17.0 Å². The van der Waals surface area contributed by atoms with Gasteiger partial charge < -0.3 is 19.1 Å². The van der Waals surface area contributed by atoms with Crippen molar-refractivity contribution in [3.05, 3.63) is 46.6 Å². The molecule has 0 radical (unpaired) electrons. The lowest BCUT2D eigenvalue weighted by Crippen LogP contribution is -2.31. The normalized spacial score (nSPS) is 12.6. The third-order valence-electron chi connectivity index (χ3n) is 3.99. The van der Waals surface area contributed by atoms with Gasteiger partial charge in [0.2, 0.25) is 5.88 Å². The van der Waals surface area contributed by atoms with Crippen molar-refractivity contribution >= 4 is 17.5 Å². The van der Waals surface area contributed by atoms with Gasteiger partial charge in [0.1, 0.15) is 13.2 Å². The molecule has 0 bridgehead atoms. The maximum Gasteiger partial charge on any atom is 0.274 e. The molecule has 0 fully saturated rings. The molecular formula is C19H21ClN2O4. The predicted molar refractivity (Wildman–Crippen MR) is 98.3 cm³/mol. The Balaban J connectivity index is 1.86. The number of benzene rings is 1. The fraction of sp³-hybridized carbons (Fsp3) is 0.368. The SMILES string of the molecule is CCOc1ccc(Cl)c(C(=O)N(CC)Cc2cccc3c2OCCO3)n1. The molecule has 1 aromatic carbocycles. The summed E-state index contributed by atoms with van der Waals surface area (Å²) in [5.74, 6) is 1.51. The number of nitrogens with zero attached hydrogens (tertiary/aromatic N) is 2. The van der Waals surface area contributed by atoms with E-state index in [0.717, 1.165) is 5.56 Å². The number of hydrogen-bond acceptors (Lipinski definition) is 5. The molecular weight excluding hydrogens is 356 g/mol. The maximum absolute atomic E-state index is 13.0. The van der Waals surface area contributed by atoms with Gasteiger partial charge in [0.05, 0.1) is 11.6 Å². The van der Waals surface area contributed by atoms with Gasteiger partial charge in [-0.3, -0.25) is 4.79 Å². The van der Waals surface area contributed by atoms with Crippen molar-refractivity contribution in [3.63, 3.8) is 0 Å². The Kier molecular flexibility index (Phi) is 5.83. The van der Waals surface area contributed by atoms with Gasteiger partial charge in [-0.1, -0.05) is 23.7 Å². The van der Waals surface area contributed by atoms with Gasteiger partial charge in [-0.2, -0.15) is 0 Å². The summed E-state index contributed by atoms with van der Waals surface area (Å²) in [6.45, 7) is 6.12. The van der Waals surface area contributed by atoms with Crippen LogP contribution in [0.3, 0.4) is 0 Å². The van der Waals surface area contributed by atoms with E-state index in [9.17, 15) is 4.79 Å². The van der Waals surface area contributed by atoms with Crippen LogP contribution in [0.15, 0.2) is 30.3 Å². The van der Waals surface area contributed by atoms with Gasteiger partial charge in [-0.05, 0) is 26.0 Å². The van der Waals surface area contributed by atoms with Crippen LogP contribution >= 0.6 is 11.6 Å². The molecule has 1 amide bonds. The summed E-state index contributed by atoms with van der Waals surface area (Å²) in [5, 5.41) is 0.298. The zero-order chi connectivity index (χ0) is 18.5. The van der Waals surface area contributed by atoms with Crippen molar-refractivity contribution in [2.24, 2.45) is 0 Å². The summed E-state index contributed by atoms with van der Waals surface area (Å²) >= 11 is 6.20. The van der Waals surface area contributed by atoms with Crippen molar-refractivity contribution in [2.45, 2.75) is 20.4 Å². The van der Waals surface area contributed by atoms with E-state index in [4.69, 9.17) is 25.8 Å². The monoisotopic (exact) mass is 376 g/mol. The van der Waals surface area contributed by atoms with Crippen LogP contribution in [0.5, 0.6) is 17.4 Å². The number of amides is 1. The number of para-hydroxylation sites is 1. The summed E-state index contributed by atoms with van der Waals surface area (Å²) in [6.07, 6.45) is 0. The van der Waals surface area contributed by atoms with Crippen molar-refractivity contribution < 1.29 is 19.0 Å². The number of carbonyl (C=O) groups is 1. The van der Waals surface area contributed by atoms with Crippen molar-refractivity contribution in [2.75, 3.05) is 26.4 Å². The number of carbonyl (C=O) groups excluding carboxylic acids is 1. The number of pyridine rings is 1. The lowest BCUT2D eigenvalue weighted by Gasteiger charge is -2.25. The molecule has 0 unspecified atom stereocenters. The second-order valence-corrected chi connectivity index (χ2v) is 6.08. The molecule has 1 aromatic heterocycles. The molecule has 0 saturated carbocycles. The molecule has 2 heterocycles. The Labute approximate surface area is 157 Å². The maximum atomic E-state index is 13.0. The van der Waals surface area contributed by atoms with Crippen molar-refractivity contribution in [1.82, 2.24) is 9.88 Å². The van der Waals surface area contributed by atoms with Gasteiger partial charge in [-0.15, -0.1) is 0 Å². The summed E-state index contributed by atoms with van der Waals surface area (Å²) in [4.78, 5) is 18.9. The fourth-order valence-electron chi connectivity index (χ4n) is 2.74. The molecule has 7 heteroatoms. The second-order valence-electron chi connectivity index (χ2n) is 5.67. The Hall–Kier alpha value is -2.47. The number of ether oxygens (including phenoxy) is 3. The first-order valence-corrected chi connectivity index (χ1v) is 8.98. The van der Waals surface area contributed by atoms with Crippen LogP contribution in [0.25, 0.3) is 0 Å². The van der Waals surface area contributed by atoms with Gasteiger partial charge in [0.25, 0.3) is 5.91 Å². The highest BCUT2D eigenvalue weighted by Gasteiger charge is 2.23. The first kappa shape index (κ1) is 18.3. The fourth-order valence-corrected chi connectivity index (χ4v) is 2.93. The predicted octanol–water partition coefficient (Wildman–Crippen LogP) is 3.57. The molecule has 138 valence electrons. The van der Waals surface area contributed by atoms with E-state index in [-0.39, 0.29) is 11.6 Å². The number of fused-ring (bicyclic) bond motifs is 1. The molecule has 0 N–H and O–H groups in total. The van der Waals surface area contributed by atoms with Crippen LogP contribution in [0.4, 0.5) is 0 Å². The molecule has 0 saturated heterocycles. The molecule has 0 atom stereocenters. The third-order valence-corrected chi connectivity index (χ3v) is 4.30. The molecule has 1 aliphatic rings. The Morgan fingerprint density at radius 3 is 2.81 bits per heavy atom.